The number of hydrogen-bond acceptors (Lipinski definition) is 9. The van der Waals surface area contributed by atoms with Gasteiger partial charge in [0.2, 0.25) is 5.84 Å². The minimum atomic E-state index is -4.60. The van der Waals surface area contributed by atoms with Crippen LogP contribution in [0.15, 0.2) is 101 Å². The van der Waals surface area contributed by atoms with E-state index in [0.29, 0.717) is 62.7 Å². The van der Waals surface area contributed by atoms with E-state index in [1.807, 2.05) is 0 Å². The number of amidine groups is 2. The van der Waals surface area contributed by atoms with E-state index < -0.39 is 23.7 Å². The summed E-state index contributed by atoms with van der Waals surface area (Å²) >= 11 is 0.650. The predicted molar refractivity (Wildman–Crippen MR) is 218 cm³/mol. The van der Waals surface area contributed by atoms with Crippen molar-refractivity contribution in [1.29, 1.82) is 0 Å². The molecular weight excluding hydrogens is 883 g/mol. The number of imidazole rings is 2. The van der Waals surface area contributed by atoms with E-state index in [4.69, 9.17) is 10.5 Å². The molecule has 7 rings (SSSR count). The molecule has 0 saturated carbocycles. The van der Waals surface area contributed by atoms with Gasteiger partial charge in [-0.05, 0) is 44.0 Å². The number of nitrogens with one attached hydrogen (secondary N) is 1. The number of benzene rings is 2. The van der Waals surface area contributed by atoms with Crippen molar-refractivity contribution in [3.8, 4) is 0 Å². The molecule has 0 radical (unpaired) electrons. The van der Waals surface area contributed by atoms with Crippen LogP contribution in [-0.2, 0) is 17.6 Å². The van der Waals surface area contributed by atoms with E-state index in [1.54, 1.807) is 103 Å². The SMILES string of the molecule is C.C.CC(C)(C)OC(=O)NN=C(N)c1cn2ccnc2c(Cc2ccccc2F)n1.FI.Fc1ccccc1Cc1nc(C2=NC(C(F)(F)F)=NC2)cn2ccnc12. The van der Waals surface area contributed by atoms with Gasteiger partial charge in [0, 0.05) is 50.0 Å². The summed E-state index contributed by atoms with van der Waals surface area (Å²) in [6.07, 6.45) is 4.74. The molecule has 58 heavy (non-hydrogen) atoms. The first-order valence-electron chi connectivity index (χ1n) is 16.4. The van der Waals surface area contributed by atoms with Crippen LogP contribution in [0.25, 0.3) is 11.3 Å². The third-order valence-corrected chi connectivity index (χ3v) is 7.62. The van der Waals surface area contributed by atoms with Gasteiger partial charge in [0.05, 0.1) is 23.6 Å². The zero-order valence-corrected chi connectivity index (χ0v) is 31.9. The quantitative estimate of drug-likeness (QED) is 0.0535. The Hall–Kier alpha value is -5.93. The van der Waals surface area contributed by atoms with Gasteiger partial charge in [0.1, 0.15) is 28.6 Å². The summed E-state index contributed by atoms with van der Waals surface area (Å²) in [4.78, 5) is 36.0. The van der Waals surface area contributed by atoms with Crippen LogP contribution < -0.4 is 11.2 Å². The summed E-state index contributed by atoms with van der Waals surface area (Å²) in [6.45, 7) is 5.01. The van der Waals surface area contributed by atoms with Crippen molar-refractivity contribution in [3.63, 3.8) is 0 Å². The number of aromatic nitrogens is 6. The smallest absolute Gasteiger partial charge is 0.443 e. The van der Waals surface area contributed by atoms with Crippen molar-refractivity contribution in [1.82, 2.24) is 34.2 Å². The van der Waals surface area contributed by atoms with Crippen LogP contribution in [0.3, 0.4) is 0 Å². The normalized spacial score (nSPS) is 12.6. The summed E-state index contributed by atoms with van der Waals surface area (Å²) < 4.78 is 84.2. The number of hydrogen-bond donors (Lipinski definition) is 2. The van der Waals surface area contributed by atoms with Gasteiger partial charge in [-0.2, -0.15) is 21.1 Å². The summed E-state index contributed by atoms with van der Waals surface area (Å²) in [7, 11) is 0. The Morgan fingerprint density at radius 1 is 0.862 bits per heavy atom. The fraction of sp³-hybridized carbons (Fsp3) is 0.263. The van der Waals surface area contributed by atoms with Crippen molar-refractivity contribution < 1.29 is 34.3 Å². The minimum absolute atomic E-state index is 0. The molecule has 308 valence electrons. The lowest BCUT2D eigenvalue weighted by atomic mass is 10.1. The van der Waals surface area contributed by atoms with Crippen molar-refractivity contribution in [2.24, 2.45) is 20.8 Å². The Balaban J connectivity index is 0.000000289. The third-order valence-electron chi connectivity index (χ3n) is 7.62. The first-order chi connectivity index (χ1) is 26.6. The number of ether oxygens (including phenoxy) is 1. The highest BCUT2D eigenvalue weighted by Crippen LogP contribution is 2.23. The lowest BCUT2D eigenvalue weighted by Gasteiger charge is -2.18. The minimum Gasteiger partial charge on any atom is -0.443 e. The fourth-order valence-electron chi connectivity index (χ4n) is 5.24. The number of hydrazone groups is 1. The van der Waals surface area contributed by atoms with Gasteiger partial charge in [-0.3, -0.25) is 4.99 Å². The molecule has 0 unspecified atom stereocenters. The van der Waals surface area contributed by atoms with Gasteiger partial charge < -0.3 is 19.3 Å². The van der Waals surface area contributed by atoms with Crippen LogP contribution >= 0.6 is 23.2 Å². The van der Waals surface area contributed by atoms with Crippen LogP contribution in [0.2, 0.25) is 0 Å². The van der Waals surface area contributed by atoms with E-state index in [2.05, 4.69) is 40.4 Å². The largest absolute Gasteiger partial charge is 0.451 e. The average Bonchev–Trinajstić information content (AvgIpc) is 3.94. The van der Waals surface area contributed by atoms with Crippen LogP contribution in [0.1, 0.15) is 69.5 Å². The zero-order valence-electron chi connectivity index (χ0n) is 29.8. The molecule has 0 spiro atoms. The Morgan fingerprint density at radius 3 is 1.88 bits per heavy atom. The summed E-state index contributed by atoms with van der Waals surface area (Å²) in [5.41, 5.74) is 11.2. The third kappa shape index (κ3) is 11.8. The first-order valence-corrected chi connectivity index (χ1v) is 17.2. The van der Waals surface area contributed by atoms with Crippen molar-refractivity contribution in [2.75, 3.05) is 6.54 Å². The first kappa shape index (κ1) is 46.5. The number of nitrogens with two attached hydrogens (primary N) is 1. The van der Waals surface area contributed by atoms with E-state index in [-0.39, 0.29) is 63.1 Å². The maximum Gasteiger partial charge on any atom is 0.451 e. The number of aliphatic imine (C=N–C) groups is 2. The van der Waals surface area contributed by atoms with Crippen LogP contribution in [0, 0.1) is 11.6 Å². The Bertz CT molecular complexity index is 2440. The molecule has 20 heteroatoms. The average molecular weight is 924 g/mol. The number of amides is 1. The van der Waals surface area contributed by atoms with Gasteiger partial charge in [-0.25, -0.2) is 43.9 Å². The highest BCUT2D eigenvalue weighted by molar-refractivity contribution is 14.1. The lowest BCUT2D eigenvalue weighted by Crippen LogP contribution is -2.31. The highest BCUT2D eigenvalue weighted by atomic mass is 127. The predicted octanol–water partition coefficient (Wildman–Crippen LogP) is 8.41. The van der Waals surface area contributed by atoms with Gasteiger partial charge in [0.25, 0.3) is 0 Å². The number of alkyl halides is 3. The molecule has 0 fully saturated rings. The second-order valence-electron chi connectivity index (χ2n) is 12.8. The number of carbonyl (C=O) groups excluding carboxylic acids is 1. The Morgan fingerprint density at radius 2 is 1.38 bits per heavy atom. The molecular formula is C38H40F6IN11O2. The number of halogens is 7. The number of carbonyl (C=O) groups is 1. The standard InChI is InChI=1S/C19H21FN6O2.C17H11F4N5.2CH4.FI/c1-19(2,3)28-18(27)25-24-16(21)15-11-26-9-8-22-17(26)14(23-15)10-12-6-4-5-7-13(12)20;18-11-4-2-1-3-10(11)7-12-15-22-5-6-26(15)9-14(24-12)13-8-23-16(25-13)17(19,20)21;;;1-2/h4-9,11H,10H2,1-3H3,(H2,21,24)(H,25,27);1-6,9H,7-8H2;2*1H4;. The molecule has 3 N–H and O–H groups in total. The molecule has 6 aromatic rings. The number of rotatable bonds is 7. The van der Waals surface area contributed by atoms with Crippen molar-refractivity contribution in [2.45, 2.75) is 60.2 Å². The van der Waals surface area contributed by atoms with Gasteiger partial charge >= 0.3 is 12.3 Å². The van der Waals surface area contributed by atoms with Crippen LogP contribution in [-0.4, -0.2) is 70.5 Å². The van der Waals surface area contributed by atoms with E-state index in [0.717, 1.165) is 0 Å². The molecule has 5 heterocycles. The van der Waals surface area contributed by atoms with E-state index >= 15 is 0 Å². The molecule has 0 atom stereocenters. The summed E-state index contributed by atoms with van der Waals surface area (Å²) in [5, 5.41) is 3.83. The monoisotopic (exact) mass is 923 g/mol. The van der Waals surface area contributed by atoms with Gasteiger partial charge in [-0.1, -0.05) is 51.3 Å². The van der Waals surface area contributed by atoms with Gasteiger partial charge in [0.15, 0.2) is 40.3 Å². The number of nitrogens with zero attached hydrogens (tertiary/aromatic N) is 9. The summed E-state index contributed by atoms with van der Waals surface area (Å²) in [5.74, 6) is -1.90. The lowest BCUT2D eigenvalue weighted by molar-refractivity contribution is -0.0595. The Kier molecular flexibility index (Phi) is 16.0. The molecule has 4 aromatic heterocycles. The molecule has 2 aromatic carbocycles. The molecule has 0 aliphatic carbocycles. The molecule has 0 saturated heterocycles. The molecule has 0 bridgehead atoms. The molecule has 1 aliphatic heterocycles. The molecule has 1 aliphatic rings. The second-order valence-corrected chi connectivity index (χ2v) is 12.8. The van der Waals surface area contributed by atoms with Crippen LogP contribution in [0.4, 0.5) is 29.6 Å². The maximum absolute atomic E-state index is 14.0. The topological polar surface area (TPSA) is 162 Å². The van der Waals surface area contributed by atoms with E-state index in [1.165, 1.54) is 12.1 Å². The fourth-order valence-corrected chi connectivity index (χ4v) is 5.24. The zero-order chi connectivity index (χ0) is 40.6. The summed E-state index contributed by atoms with van der Waals surface area (Å²) in [6, 6.07) is 12.7. The van der Waals surface area contributed by atoms with Gasteiger partial charge in [-0.15, -0.1) is 0 Å². The number of fused-ring (bicyclic) bond motifs is 2. The Labute approximate surface area is 344 Å². The second kappa shape index (κ2) is 20.0. The highest BCUT2D eigenvalue weighted by Gasteiger charge is 2.38. The maximum atomic E-state index is 14.0. The van der Waals surface area contributed by atoms with Crippen molar-refractivity contribution >= 4 is 57.9 Å². The van der Waals surface area contributed by atoms with Crippen LogP contribution in [0.5, 0.6) is 0 Å². The molecule has 1 amide bonds. The van der Waals surface area contributed by atoms with E-state index in [9.17, 15) is 29.6 Å². The molecule has 13 nitrogen and oxygen atoms in total. The van der Waals surface area contributed by atoms with Crippen molar-refractivity contribution in [3.05, 3.63) is 131 Å².